The Labute approximate surface area is 129 Å². The Kier molecular flexibility index (Phi) is 4.86. The second-order valence-electron chi connectivity index (χ2n) is 6.26. The molecule has 0 atom stereocenters. The molecule has 0 saturated heterocycles. The van der Waals surface area contributed by atoms with Crippen LogP contribution >= 0.6 is 0 Å². The minimum absolute atomic E-state index is 0.145. The topological polar surface area (TPSA) is 29.5 Å². The third-order valence-corrected chi connectivity index (χ3v) is 4.05. The van der Waals surface area contributed by atoms with E-state index in [0.29, 0.717) is 22.1 Å². The van der Waals surface area contributed by atoms with Crippen LogP contribution in [0, 0.1) is 6.92 Å². The van der Waals surface area contributed by atoms with Crippen molar-refractivity contribution in [3.8, 4) is 16.9 Å². The number of aryl methyl sites for hydroxylation is 1. The van der Waals surface area contributed by atoms with Crippen LogP contribution in [0.1, 0.15) is 31.9 Å². The summed E-state index contributed by atoms with van der Waals surface area (Å²) in [6, 6.07) is 13.9. The van der Waals surface area contributed by atoms with Gasteiger partial charge in [0.2, 0.25) is 9.76 Å². The fraction of sp³-hybridized carbons (Fsp3) is 0.333. The van der Waals surface area contributed by atoms with Gasteiger partial charge in [0.1, 0.15) is 5.75 Å². The first-order valence-corrected chi connectivity index (χ1v) is 8.05. The van der Waals surface area contributed by atoms with E-state index in [4.69, 9.17) is 4.43 Å². The lowest BCUT2D eigenvalue weighted by Gasteiger charge is -2.19. The van der Waals surface area contributed by atoms with E-state index >= 15 is 0 Å². The molecule has 0 fully saturated rings. The maximum absolute atomic E-state index is 10.2. The molecular formula is C18H22O2Si. The maximum atomic E-state index is 10.2. The largest absolute Gasteiger partial charge is 0.508 e. The van der Waals surface area contributed by atoms with E-state index in [0.717, 1.165) is 22.3 Å². The quantitative estimate of drug-likeness (QED) is 0.827. The molecule has 0 aliphatic heterocycles. The summed E-state index contributed by atoms with van der Waals surface area (Å²) < 4.78 is 5.85. The zero-order valence-corrected chi connectivity index (χ0v) is 14.1. The molecule has 1 N–H and O–H groups in total. The van der Waals surface area contributed by atoms with E-state index in [9.17, 15) is 5.11 Å². The van der Waals surface area contributed by atoms with E-state index in [1.165, 1.54) is 0 Å². The van der Waals surface area contributed by atoms with Crippen molar-refractivity contribution in [3.63, 3.8) is 0 Å². The fourth-order valence-corrected chi connectivity index (χ4v) is 2.88. The third kappa shape index (κ3) is 4.19. The Morgan fingerprint density at radius 3 is 2.33 bits per heavy atom. The molecule has 0 aliphatic carbocycles. The van der Waals surface area contributed by atoms with Crippen LogP contribution in [0.2, 0.25) is 5.04 Å². The van der Waals surface area contributed by atoms with Gasteiger partial charge >= 0.3 is 0 Å². The van der Waals surface area contributed by atoms with Gasteiger partial charge in [0.25, 0.3) is 0 Å². The molecule has 110 valence electrons. The van der Waals surface area contributed by atoms with Crippen LogP contribution in [0.25, 0.3) is 11.1 Å². The van der Waals surface area contributed by atoms with Crippen molar-refractivity contribution in [2.75, 3.05) is 0 Å². The van der Waals surface area contributed by atoms with Crippen molar-refractivity contribution in [3.05, 3.63) is 53.6 Å². The van der Waals surface area contributed by atoms with Crippen molar-refractivity contribution >= 4 is 9.76 Å². The molecule has 2 aromatic carbocycles. The van der Waals surface area contributed by atoms with Gasteiger partial charge in [-0.05, 0) is 34.7 Å². The second-order valence-corrected chi connectivity index (χ2v) is 8.25. The van der Waals surface area contributed by atoms with Gasteiger partial charge in [0, 0.05) is 5.56 Å². The van der Waals surface area contributed by atoms with Gasteiger partial charge in [-0.25, -0.2) is 0 Å². The Balaban J connectivity index is 2.34. The monoisotopic (exact) mass is 298 g/mol. The lowest BCUT2D eigenvalue weighted by Crippen LogP contribution is -2.12. The minimum Gasteiger partial charge on any atom is -0.508 e. The first-order chi connectivity index (χ1) is 9.88. The van der Waals surface area contributed by atoms with Gasteiger partial charge in [-0.3, -0.25) is 0 Å². The van der Waals surface area contributed by atoms with Crippen LogP contribution < -0.4 is 0 Å². The SMILES string of the molecule is Cc1ccc(O)c(CO[Si]C(C)(C)C)c1-c1ccccc1. The Bertz CT molecular complexity index is 601. The summed E-state index contributed by atoms with van der Waals surface area (Å²) in [6.07, 6.45) is 0. The van der Waals surface area contributed by atoms with E-state index < -0.39 is 0 Å². The molecule has 21 heavy (non-hydrogen) atoms. The van der Waals surface area contributed by atoms with Gasteiger partial charge in [0.15, 0.2) is 0 Å². The predicted molar refractivity (Wildman–Crippen MR) is 88.5 cm³/mol. The number of aromatic hydroxyl groups is 1. The summed E-state index contributed by atoms with van der Waals surface area (Å²) in [6.45, 7) is 8.96. The Morgan fingerprint density at radius 1 is 1.05 bits per heavy atom. The molecule has 2 aromatic rings. The van der Waals surface area contributed by atoms with Gasteiger partial charge in [-0.2, -0.15) is 0 Å². The molecule has 0 saturated carbocycles. The third-order valence-electron chi connectivity index (χ3n) is 3.15. The number of benzene rings is 2. The second kappa shape index (κ2) is 6.46. The normalized spacial score (nSPS) is 11.6. The molecule has 0 spiro atoms. The van der Waals surface area contributed by atoms with Gasteiger partial charge in [-0.15, -0.1) is 0 Å². The zero-order chi connectivity index (χ0) is 15.5. The zero-order valence-electron chi connectivity index (χ0n) is 13.1. The number of hydrogen-bond donors (Lipinski definition) is 1. The van der Waals surface area contributed by atoms with Gasteiger partial charge in [-0.1, -0.05) is 57.2 Å². The van der Waals surface area contributed by atoms with E-state index in [1.54, 1.807) is 6.07 Å². The van der Waals surface area contributed by atoms with Crippen LogP contribution in [0.5, 0.6) is 5.75 Å². The summed E-state index contributed by atoms with van der Waals surface area (Å²) in [7, 11) is 0.403. The molecule has 0 aliphatic rings. The predicted octanol–water partition coefficient (Wildman–Crippen LogP) is 4.72. The summed E-state index contributed by atoms with van der Waals surface area (Å²) in [5.41, 5.74) is 4.22. The van der Waals surface area contributed by atoms with Crippen LogP contribution in [0.3, 0.4) is 0 Å². The molecule has 2 nitrogen and oxygen atoms in total. The lowest BCUT2D eigenvalue weighted by molar-refractivity contribution is 0.303. The van der Waals surface area contributed by atoms with Crippen LogP contribution in [0.4, 0.5) is 0 Å². The highest BCUT2D eigenvalue weighted by Gasteiger charge is 2.16. The lowest BCUT2D eigenvalue weighted by atomic mass is 9.95. The Morgan fingerprint density at radius 2 is 1.71 bits per heavy atom. The molecule has 2 radical (unpaired) electrons. The molecule has 0 aromatic heterocycles. The molecule has 0 unspecified atom stereocenters. The number of phenolic OH excluding ortho intramolecular Hbond substituents is 1. The molecule has 3 heteroatoms. The maximum Gasteiger partial charge on any atom is 0.236 e. The summed E-state index contributed by atoms with van der Waals surface area (Å²) >= 11 is 0. The van der Waals surface area contributed by atoms with Crippen molar-refractivity contribution < 1.29 is 9.53 Å². The van der Waals surface area contributed by atoms with Gasteiger partial charge in [0.05, 0.1) is 6.61 Å². The van der Waals surface area contributed by atoms with Crippen LogP contribution in [-0.2, 0) is 11.0 Å². The van der Waals surface area contributed by atoms with E-state index in [2.05, 4.69) is 39.8 Å². The summed E-state index contributed by atoms with van der Waals surface area (Å²) in [5, 5.41) is 10.4. The smallest absolute Gasteiger partial charge is 0.236 e. The summed E-state index contributed by atoms with van der Waals surface area (Å²) in [4.78, 5) is 0. The average molecular weight is 298 g/mol. The highest BCUT2D eigenvalue weighted by Crippen LogP contribution is 2.34. The van der Waals surface area contributed by atoms with Crippen molar-refractivity contribution in [1.29, 1.82) is 0 Å². The average Bonchev–Trinajstić information content (AvgIpc) is 2.42. The molecule has 0 heterocycles. The number of hydrogen-bond acceptors (Lipinski definition) is 2. The standard InChI is InChI=1S/C18H22O2Si/c1-13-10-11-16(19)15(12-20-21-18(2,3)4)17(13)14-8-6-5-7-9-14/h5-11,19H,12H2,1-4H3. The van der Waals surface area contributed by atoms with E-state index in [1.807, 2.05) is 24.3 Å². The first-order valence-electron chi connectivity index (χ1n) is 7.14. The van der Waals surface area contributed by atoms with Crippen molar-refractivity contribution in [2.24, 2.45) is 0 Å². The Hall–Kier alpha value is -1.58. The summed E-state index contributed by atoms with van der Waals surface area (Å²) in [5.74, 6) is 0.304. The highest BCUT2D eigenvalue weighted by atomic mass is 28.2. The van der Waals surface area contributed by atoms with Gasteiger partial charge < -0.3 is 9.53 Å². The van der Waals surface area contributed by atoms with E-state index in [-0.39, 0.29) is 5.04 Å². The molecule has 2 rings (SSSR count). The first kappa shape index (κ1) is 15.8. The minimum atomic E-state index is 0.145. The van der Waals surface area contributed by atoms with Crippen LogP contribution in [0.15, 0.2) is 42.5 Å². The molecule has 0 amide bonds. The molecular weight excluding hydrogens is 276 g/mol. The van der Waals surface area contributed by atoms with Crippen LogP contribution in [-0.4, -0.2) is 14.9 Å². The number of phenols is 1. The fourth-order valence-electron chi connectivity index (χ4n) is 2.23. The number of rotatable bonds is 4. The highest BCUT2D eigenvalue weighted by molar-refractivity contribution is 6.31. The van der Waals surface area contributed by atoms with Crippen molar-refractivity contribution in [1.82, 2.24) is 0 Å². The van der Waals surface area contributed by atoms with Crippen molar-refractivity contribution in [2.45, 2.75) is 39.3 Å². The molecule has 0 bridgehead atoms.